The minimum absolute atomic E-state index is 0.0331. The molecule has 0 aliphatic heterocycles. The third kappa shape index (κ3) is 3.00. The standard InChI is InChI=1S/C16H11Cl2N3O6/c1-6-12(15(18)20(24)7(2)13(6)17)16-19-9(5-27-16)8-3-10(21(25)26)14(23)11(22)4-8/h3-5,22-23H,1-2H3. The van der Waals surface area contributed by atoms with Gasteiger partial charge in [-0.05, 0) is 30.2 Å². The van der Waals surface area contributed by atoms with Crippen molar-refractivity contribution in [1.29, 1.82) is 0 Å². The first-order valence-corrected chi connectivity index (χ1v) is 8.13. The van der Waals surface area contributed by atoms with Gasteiger partial charge >= 0.3 is 5.69 Å². The van der Waals surface area contributed by atoms with Crippen LogP contribution in [0, 0.1) is 29.2 Å². The van der Waals surface area contributed by atoms with Gasteiger partial charge in [0.05, 0.1) is 4.92 Å². The second kappa shape index (κ2) is 6.60. The van der Waals surface area contributed by atoms with Crippen LogP contribution in [0.5, 0.6) is 11.5 Å². The van der Waals surface area contributed by atoms with Gasteiger partial charge in [0.2, 0.25) is 17.3 Å². The van der Waals surface area contributed by atoms with E-state index in [1.165, 1.54) is 13.2 Å². The average molecular weight is 412 g/mol. The van der Waals surface area contributed by atoms with Gasteiger partial charge in [-0.25, -0.2) is 4.98 Å². The van der Waals surface area contributed by atoms with Crippen LogP contribution < -0.4 is 4.73 Å². The Morgan fingerprint density at radius 2 is 1.93 bits per heavy atom. The largest absolute Gasteiger partial charge is 0.617 e. The molecule has 9 nitrogen and oxygen atoms in total. The Bertz CT molecular complexity index is 1070. The summed E-state index contributed by atoms with van der Waals surface area (Å²) in [6.07, 6.45) is 1.17. The van der Waals surface area contributed by atoms with Crippen LogP contribution in [0.1, 0.15) is 11.3 Å². The molecule has 0 aliphatic rings. The number of nitro benzene ring substituents is 1. The normalized spacial score (nSPS) is 11.0. The zero-order valence-corrected chi connectivity index (χ0v) is 15.4. The number of phenols is 2. The van der Waals surface area contributed by atoms with Crippen molar-refractivity contribution in [3.63, 3.8) is 0 Å². The molecule has 2 heterocycles. The summed E-state index contributed by atoms with van der Waals surface area (Å²) >= 11 is 12.3. The molecule has 0 aliphatic carbocycles. The predicted molar refractivity (Wildman–Crippen MR) is 95.8 cm³/mol. The first-order valence-electron chi connectivity index (χ1n) is 7.37. The lowest BCUT2D eigenvalue weighted by Crippen LogP contribution is -2.33. The number of phenolic OH excluding ortho intramolecular Hbond substituents is 2. The van der Waals surface area contributed by atoms with E-state index in [0.717, 1.165) is 12.1 Å². The molecule has 1 aromatic carbocycles. The Kier molecular flexibility index (Phi) is 4.58. The molecule has 0 saturated carbocycles. The van der Waals surface area contributed by atoms with Crippen LogP contribution >= 0.6 is 23.2 Å². The minimum Gasteiger partial charge on any atom is -0.617 e. The number of pyridine rings is 1. The Morgan fingerprint density at radius 1 is 1.26 bits per heavy atom. The molecule has 0 spiro atoms. The summed E-state index contributed by atoms with van der Waals surface area (Å²) in [4.78, 5) is 14.3. The number of rotatable bonds is 3. The average Bonchev–Trinajstić information content (AvgIpc) is 3.10. The Labute approximate surface area is 161 Å². The van der Waals surface area contributed by atoms with Crippen LogP contribution in [0.15, 0.2) is 22.8 Å². The fourth-order valence-electron chi connectivity index (χ4n) is 2.53. The van der Waals surface area contributed by atoms with Gasteiger partial charge in [0.1, 0.15) is 22.5 Å². The fourth-order valence-corrected chi connectivity index (χ4v) is 3.06. The molecule has 0 unspecified atom stereocenters. The molecule has 0 amide bonds. The molecule has 27 heavy (non-hydrogen) atoms. The third-order valence-corrected chi connectivity index (χ3v) is 4.89. The van der Waals surface area contributed by atoms with E-state index in [9.17, 15) is 25.5 Å². The number of hydrogen-bond acceptors (Lipinski definition) is 7. The van der Waals surface area contributed by atoms with E-state index in [4.69, 9.17) is 27.6 Å². The molecule has 3 rings (SSSR count). The van der Waals surface area contributed by atoms with Crippen molar-refractivity contribution in [2.75, 3.05) is 0 Å². The fraction of sp³-hybridized carbons (Fsp3) is 0.125. The van der Waals surface area contributed by atoms with Gasteiger partial charge in [0, 0.05) is 18.6 Å². The molecule has 140 valence electrons. The predicted octanol–water partition coefficient (Wildman–Crippen LogP) is 3.89. The van der Waals surface area contributed by atoms with Gasteiger partial charge in [0.25, 0.3) is 5.15 Å². The highest BCUT2D eigenvalue weighted by Gasteiger charge is 2.27. The zero-order valence-electron chi connectivity index (χ0n) is 13.9. The quantitative estimate of drug-likeness (QED) is 0.166. The SMILES string of the molecule is Cc1c(Cl)c(C)[n+]([O-])c(Cl)c1-c1nc(-c2cc(O)c(O)c([N+](=O)[O-])c2)co1. The molecular weight excluding hydrogens is 401 g/mol. The minimum atomic E-state index is -0.857. The van der Waals surface area contributed by atoms with Crippen LogP contribution in [0.25, 0.3) is 22.7 Å². The van der Waals surface area contributed by atoms with Crippen molar-refractivity contribution in [1.82, 2.24) is 4.98 Å². The number of aromatic nitrogens is 2. The summed E-state index contributed by atoms with van der Waals surface area (Å²) in [5.41, 5.74) is 0.403. The summed E-state index contributed by atoms with van der Waals surface area (Å²) in [7, 11) is 0. The monoisotopic (exact) mass is 411 g/mol. The molecule has 0 saturated heterocycles. The first kappa shape index (κ1) is 18.7. The van der Waals surface area contributed by atoms with E-state index >= 15 is 0 Å². The second-order valence-corrected chi connectivity index (χ2v) is 6.38. The maximum absolute atomic E-state index is 12.1. The number of nitro groups is 1. The number of nitrogens with zero attached hydrogens (tertiary/aromatic N) is 3. The number of aromatic hydroxyl groups is 2. The molecule has 11 heteroatoms. The molecule has 0 radical (unpaired) electrons. The van der Waals surface area contributed by atoms with Gasteiger partial charge < -0.3 is 19.8 Å². The first-order chi connectivity index (χ1) is 12.6. The molecule has 0 bridgehead atoms. The molecule has 0 fully saturated rings. The smallest absolute Gasteiger partial charge is 0.315 e. The van der Waals surface area contributed by atoms with Crippen molar-refractivity contribution < 1.29 is 24.3 Å². The lowest BCUT2D eigenvalue weighted by atomic mass is 10.1. The molecular formula is C16H11Cl2N3O6. The lowest BCUT2D eigenvalue weighted by Gasteiger charge is -2.10. The Morgan fingerprint density at radius 3 is 2.56 bits per heavy atom. The van der Waals surface area contributed by atoms with E-state index in [1.807, 2.05) is 0 Å². The summed E-state index contributed by atoms with van der Waals surface area (Å²) in [5.74, 6) is -1.58. The third-order valence-electron chi connectivity index (χ3n) is 3.99. The van der Waals surface area contributed by atoms with Crippen molar-refractivity contribution >= 4 is 28.9 Å². The van der Waals surface area contributed by atoms with Crippen LogP contribution in [0.4, 0.5) is 5.69 Å². The summed E-state index contributed by atoms with van der Waals surface area (Å²) in [5, 5.41) is 42.4. The Hall–Kier alpha value is -3.04. The van der Waals surface area contributed by atoms with Gasteiger partial charge in [-0.3, -0.25) is 10.1 Å². The topological polar surface area (TPSA) is 137 Å². The van der Waals surface area contributed by atoms with Gasteiger partial charge in [-0.2, -0.15) is 4.73 Å². The summed E-state index contributed by atoms with van der Waals surface area (Å²) in [6, 6.07) is 2.12. The van der Waals surface area contributed by atoms with Gasteiger partial charge in [-0.1, -0.05) is 11.6 Å². The van der Waals surface area contributed by atoms with E-state index < -0.39 is 22.1 Å². The van der Waals surface area contributed by atoms with Crippen molar-refractivity contribution in [3.05, 3.63) is 55.2 Å². The molecule has 2 N–H and O–H groups in total. The van der Waals surface area contributed by atoms with Crippen molar-refractivity contribution in [3.8, 4) is 34.2 Å². The second-order valence-electron chi connectivity index (χ2n) is 5.64. The van der Waals surface area contributed by atoms with Crippen LogP contribution in [-0.4, -0.2) is 20.1 Å². The van der Waals surface area contributed by atoms with Crippen LogP contribution in [0.2, 0.25) is 10.2 Å². The highest BCUT2D eigenvalue weighted by atomic mass is 35.5. The van der Waals surface area contributed by atoms with E-state index in [-0.39, 0.29) is 38.6 Å². The summed E-state index contributed by atoms with van der Waals surface area (Å²) in [6.45, 7) is 3.15. The number of oxazole rings is 1. The molecule has 3 aromatic rings. The van der Waals surface area contributed by atoms with Crippen LogP contribution in [-0.2, 0) is 0 Å². The zero-order chi connectivity index (χ0) is 20.0. The number of hydrogen-bond donors (Lipinski definition) is 2. The summed E-state index contributed by atoms with van der Waals surface area (Å²) < 4.78 is 5.80. The maximum atomic E-state index is 12.1. The number of benzene rings is 1. The van der Waals surface area contributed by atoms with Crippen LogP contribution in [0.3, 0.4) is 0 Å². The van der Waals surface area contributed by atoms with Crippen molar-refractivity contribution in [2.45, 2.75) is 13.8 Å². The lowest BCUT2D eigenvalue weighted by molar-refractivity contribution is -0.609. The highest BCUT2D eigenvalue weighted by Crippen LogP contribution is 2.40. The van der Waals surface area contributed by atoms with E-state index in [0.29, 0.717) is 10.3 Å². The molecule has 2 aromatic heterocycles. The maximum Gasteiger partial charge on any atom is 0.315 e. The Balaban J connectivity index is 2.17. The highest BCUT2D eigenvalue weighted by molar-refractivity contribution is 6.34. The number of halogens is 2. The van der Waals surface area contributed by atoms with E-state index in [1.54, 1.807) is 6.92 Å². The van der Waals surface area contributed by atoms with Gasteiger partial charge in [-0.15, -0.1) is 0 Å². The van der Waals surface area contributed by atoms with E-state index in [2.05, 4.69) is 4.98 Å². The van der Waals surface area contributed by atoms with Gasteiger partial charge in [0.15, 0.2) is 5.75 Å². The van der Waals surface area contributed by atoms with Crippen molar-refractivity contribution in [2.24, 2.45) is 0 Å². The molecule has 0 atom stereocenters.